The molecular formula is C19H22N6O3. The number of amides is 1. The largest absolute Gasteiger partial charge is 0.345 e. The van der Waals surface area contributed by atoms with Crippen molar-refractivity contribution in [2.75, 3.05) is 13.1 Å². The van der Waals surface area contributed by atoms with Crippen molar-refractivity contribution in [2.24, 2.45) is 7.05 Å². The summed E-state index contributed by atoms with van der Waals surface area (Å²) in [5.41, 5.74) is 0.0261. The molecule has 0 aromatic carbocycles. The minimum absolute atomic E-state index is 0.0391. The summed E-state index contributed by atoms with van der Waals surface area (Å²) in [7, 11) is 1.63. The van der Waals surface area contributed by atoms with Gasteiger partial charge in [-0.15, -0.1) is 0 Å². The molecule has 1 aliphatic heterocycles. The van der Waals surface area contributed by atoms with E-state index in [-0.39, 0.29) is 28.6 Å². The average Bonchev–Trinajstić information content (AvgIpc) is 3.02. The number of rotatable bonds is 3. The van der Waals surface area contributed by atoms with E-state index < -0.39 is 0 Å². The number of pyridine rings is 1. The number of likely N-dealkylation sites (tertiary alicyclic amines) is 1. The van der Waals surface area contributed by atoms with Crippen molar-refractivity contribution >= 4 is 11.6 Å². The molecule has 0 bridgehead atoms. The van der Waals surface area contributed by atoms with Gasteiger partial charge in [-0.1, -0.05) is 6.07 Å². The Morgan fingerprint density at radius 1 is 1.29 bits per heavy atom. The fourth-order valence-corrected chi connectivity index (χ4v) is 3.84. The van der Waals surface area contributed by atoms with Crippen molar-refractivity contribution in [3.63, 3.8) is 0 Å². The van der Waals surface area contributed by atoms with Crippen LogP contribution >= 0.6 is 0 Å². The number of nitrogens with zero attached hydrogens (tertiary/aromatic N) is 6. The van der Waals surface area contributed by atoms with Crippen LogP contribution in [0.5, 0.6) is 0 Å². The molecule has 4 rings (SSSR count). The molecule has 1 unspecified atom stereocenters. The molecular weight excluding hydrogens is 360 g/mol. The number of carbonyl (C=O) groups excluding carboxylic acids is 1. The van der Waals surface area contributed by atoms with E-state index in [4.69, 9.17) is 0 Å². The van der Waals surface area contributed by atoms with Crippen molar-refractivity contribution in [3.8, 4) is 0 Å². The monoisotopic (exact) mass is 382 g/mol. The molecule has 1 atom stereocenters. The summed E-state index contributed by atoms with van der Waals surface area (Å²) < 4.78 is 4.35. The maximum absolute atomic E-state index is 13.0. The van der Waals surface area contributed by atoms with Crippen molar-refractivity contribution in [2.45, 2.75) is 32.2 Å². The maximum Gasteiger partial charge on any atom is 0.345 e. The minimum atomic E-state index is -0.374. The Hall–Kier alpha value is -3.23. The first-order valence-electron chi connectivity index (χ1n) is 9.40. The number of fused-ring (bicyclic) bond motifs is 1. The molecule has 3 aromatic rings. The highest BCUT2D eigenvalue weighted by atomic mass is 16.2. The third-order valence-corrected chi connectivity index (χ3v) is 5.27. The lowest BCUT2D eigenvalue weighted by Gasteiger charge is -2.32. The molecule has 28 heavy (non-hydrogen) atoms. The zero-order valence-corrected chi connectivity index (χ0v) is 15.9. The van der Waals surface area contributed by atoms with Gasteiger partial charge in [0.05, 0.1) is 0 Å². The molecule has 1 saturated heterocycles. The van der Waals surface area contributed by atoms with Gasteiger partial charge in [-0.25, -0.2) is 14.5 Å². The molecule has 0 spiro atoms. The highest BCUT2D eigenvalue weighted by Gasteiger charge is 2.30. The second kappa shape index (κ2) is 7.06. The van der Waals surface area contributed by atoms with Crippen LogP contribution in [0.2, 0.25) is 0 Å². The van der Waals surface area contributed by atoms with E-state index in [0.29, 0.717) is 31.1 Å². The molecule has 0 aliphatic carbocycles. The van der Waals surface area contributed by atoms with Gasteiger partial charge in [0.1, 0.15) is 17.0 Å². The van der Waals surface area contributed by atoms with Crippen LogP contribution in [-0.2, 0) is 13.6 Å². The van der Waals surface area contributed by atoms with Gasteiger partial charge < -0.3 is 4.90 Å². The molecule has 146 valence electrons. The fourth-order valence-electron chi connectivity index (χ4n) is 3.84. The van der Waals surface area contributed by atoms with E-state index in [9.17, 15) is 14.4 Å². The number of aromatic nitrogens is 5. The quantitative estimate of drug-likeness (QED) is 0.662. The van der Waals surface area contributed by atoms with Crippen molar-refractivity contribution < 1.29 is 4.79 Å². The molecule has 1 fully saturated rings. The van der Waals surface area contributed by atoms with E-state index in [2.05, 4.69) is 10.1 Å². The van der Waals surface area contributed by atoms with Crippen LogP contribution in [0.3, 0.4) is 0 Å². The van der Waals surface area contributed by atoms with Crippen LogP contribution in [0.4, 0.5) is 0 Å². The van der Waals surface area contributed by atoms with Crippen LogP contribution in [0.15, 0.2) is 40.2 Å². The Labute approximate surface area is 160 Å². The number of piperidine rings is 1. The molecule has 9 heteroatoms. The molecule has 9 nitrogen and oxygen atoms in total. The Balaban J connectivity index is 1.64. The van der Waals surface area contributed by atoms with E-state index in [1.165, 1.54) is 15.3 Å². The molecule has 3 aromatic heterocycles. The van der Waals surface area contributed by atoms with Gasteiger partial charge in [-0.2, -0.15) is 5.10 Å². The summed E-state index contributed by atoms with van der Waals surface area (Å²) in [5.74, 6) is 0.324. The van der Waals surface area contributed by atoms with Gasteiger partial charge in [0, 0.05) is 45.0 Å². The van der Waals surface area contributed by atoms with Crippen molar-refractivity contribution in [3.05, 3.63) is 62.8 Å². The number of hydrogen-bond donors (Lipinski definition) is 0. The topological polar surface area (TPSA) is 94.5 Å². The fraction of sp³-hybridized carbons (Fsp3) is 0.421. The predicted octanol–water partition coefficient (Wildman–Crippen LogP) is 0.629. The third-order valence-electron chi connectivity index (χ3n) is 5.27. The Kier molecular flexibility index (Phi) is 4.58. The zero-order chi connectivity index (χ0) is 19.8. The number of aryl methyl sites for hydroxylation is 1. The van der Waals surface area contributed by atoms with Crippen LogP contribution < -0.4 is 11.2 Å². The first kappa shape index (κ1) is 18.1. The van der Waals surface area contributed by atoms with Crippen LogP contribution in [0.25, 0.3) is 5.65 Å². The Morgan fingerprint density at radius 2 is 2.11 bits per heavy atom. The summed E-state index contributed by atoms with van der Waals surface area (Å²) >= 11 is 0. The lowest BCUT2D eigenvalue weighted by atomic mass is 9.96. The smallest absolute Gasteiger partial charge is 0.338 e. The standard InChI is InChI=1S/C19H22N6O3/c1-3-24-16(21-22(2)19(24)28)13-7-6-9-23(12-13)17(26)14-11-20-15-8-4-5-10-25(15)18(14)27/h4-5,8,10-11,13H,3,6-7,9,12H2,1-2H3. The maximum atomic E-state index is 13.0. The van der Waals surface area contributed by atoms with E-state index in [1.54, 1.807) is 40.9 Å². The van der Waals surface area contributed by atoms with Crippen LogP contribution in [-0.4, -0.2) is 47.6 Å². The third kappa shape index (κ3) is 2.92. The normalized spacial score (nSPS) is 17.2. The lowest BCUT2D eigenvalue weighted by molar-refractivity contribution is 0.0700. The summed E-state index contributed by atoms with van der Waals surface area (Å²) in [6.07, 6.45) is 4.59. The minimum Gasteiger partial charge on any atom is -0.338 e. The second-order valence-corrected chi connectivity index (χ2v) is 7.00. The summed E-state index contributed by atoms with van der Waals surface area (Å²) in [6, 6.07) is 5.24. The zero-order valence-electron chi connectivity index (χ0n) is 15.9. The van der Waals surface area contributed by atoms with Crippen molar-refractivity contribution in [1.82, 2.24) is 28.6 Å². The lowest BCUT2D eigenvalue weighted by Crippen LogP contribution is -2.42. The van der Waals surface area contributed by atoms with Crippen LogP contribution in [0, 0.1) is 0 Å². The molecule has 0 radical (unpaired) electrons. The second-order valence-electron chi connectivity index (χ2n) is 7.00. The summed E-state index contributed by atoms with van der Waals surface area (Å²) in [4.78, 5) is 43.9. The van der Waals surface area contributed by atoms with E-state index in [1.807, 2.05) is 6.92 Å². The first-order chi connectivity index (χ1) is 13.5. The van der Waals surface area contributed by atoms with Gasteiger partial charge in [0.2, 0.25) is 0 Å². The van der Waals surface area contributed by atoms with Gasteiger partial charge in [0.15, 0.2) is 0 Å². The Morgan fingerprint density at radius 3 is 2.89 bits per heavy atom. The molecule has 1 amide bonds. The summed E-state index contributed by atoms with van der Waals surface area (Å²) in [6.45, 7) is 3.42. The predicted molar refractivity (Wildman–Crippen MR) is 102 cm³/mol. The highest BCUT2D eigenvalue weighted by Crippen LogP contribution is 2.25. The molecule has 4 heterocycles. The summed E-state index contributed by atoms with van der Waals surface area (Å²) in [5, 5.41) is 4.38. The van der Waals surface area contributed by atoms with Crippen LogP contribution in [0.1, 0.15) is 41.9 Å². The van der Waals surface area contributed by atoms with E-state index in [0.717, 1.165) is 12.8 Å². The van der Waals surface area contributed by atoms with Gasteiger partial charge in [0.25, 0.3) is 11.5 Å². The first-order valence-corrected chi connectivity index (χ1v) is 9.40. The number of carbonyl (C=O) groups is 1. The van der Waals surface area contributed by atoms with E-state index >= 15 is 0 Å². The highest BCUT2D eigenvalue weighted by molar-refractivity contribution is 5.93. The number of hydrogen-bond acceptors (Lipinski definition) is 5. The molecule has 1 aliphatic rings. The van der Waals surface area contributed by atoms with Crippen molar-refractivity contribution in [1.29, 1.82) is 0 Å². The molecule has 0 saturated carbocycles. The molecule has 0 N–H and O–H groups in total. The van der Waals surface area contributed by atoms with Gasteiger partial charge >= 0.3 is 5.69 Å². The Bertz CT molecular complexity index is 1160. The SMILES string of the molecule is CCn1c(C2CCCN(C(=O)c3cnc4ccccn4c3=O)C2)nn(C)c1=O. The average molecular weight is 382 g/mol. The van der Waals surface area contributed by atoms with Gasteiger partial charge in [-0.05, 0) is 31.9 Å². The van der Waals surface area contributed by atoms with Gasteiger partial charge in [-0.3, -0.25) is 18.6 Å².